The number of Topliss-reactive ketones (excluding diaryl/α,β-unsaturated/α-hetero) is 1. The lowest BCUT2D eigenvalue weighted by molar-refractivity contribution is -0.115. The van der Waals surface area contributed by atoms with Gasteiger partial charge in [0.15, 0.2) is 5.78 Å². The van der Waals surface area contributed by atoms with Crippen molar-refractivity contribution in [3.05, 3.63) is 23.4 Å². The molecule has 1 saturated carbocycles. The molecule has 0 heterocycles. The number of carbonyl (C=O) groups is 1. The van der Waals surface area contributed by atoms with Gasteiger partial charge in [-0.05, 0) is 26.7 Å². The normalized spacial score (nSPS) is 26.1. The molecule has 2 aliphatic rings. The number of carbonyl (C=O) groups excluding carboxylic acids is 1. The molecular weight excluding hydrogens is 248 g/mol. The minimum atomic E-state index is 0.182. The van der Waals surface area contributed by atoms with Crippen LogP contribution >= 0.6 is 0 Å². The molecule has 3 heteroatoms. The topological polar surface area (TPSA) is 41.5 Å². The van der Waals surface area contributed by atoms with Gasteiger partial charge in [0.25, 0.3) is 0 Å². The lowest BCUT2D eigenvalue weighted by atomic mass is 9.84. The molecule has 1 N–H and O–H groups in total. The zero-order chi connectivity index (χ0) is 14.7. The van der Waals surface area contributed by atoms with Gasteiger partial charge in [0, 0.05) is 23.6 Å². The fraction of sp³-hybridized carbons (Fsp3) is 0.647. The lowest BCUT2D eigenvalue weighted by Gasteiger charge is -2.27. The molecule has 0 aromatic carbocycles. The summed E-state index contributed by atoms with van der Waals surface area (Å²) in [6.45, 7) is 10.0. The molecule has 2 aliphatic carbocycles. The summed E-state index contributed by atoms with van der Waals surface area (Å²) < 4.78 is 0. The number of hydrogen-bond donors (Lipinski definition) is 1. The molecule has 20 heavy (non-hydrogen) atoms. The number of aliphatic imine (C=N–C) groups is 1. The summed E-state index contributed by atoms with van der Waals surface area (Å²) >= 11 is 0. The predicted octanol–water partition coefficient (Wildman–Crippen LogP) is 3.77. The molecule has 0 radical (unpaired) electrons. The summed E-state index contributed by atoms with van der Waals surface area (Å²) in [6.07, 6.45) is 6.78. The summed E-state index contributed by atoms with van der Waals surface area (Å²) in [5, 5.41) is 3.37. The van der Waals surface area contributed by atoms with Crippen LogP contribution in [0.2, 0.25) is 0 Å². The van der Waals surface area contributed by atoms with Crippen molar-refractivity contribution < 1.29 is 4.79 Å². The van der Waals surface area contributed by atoms with Gasteiger partial charge in [-0.15, -0.1) is 0 Å². The first kappa shape index (κ1) is 15.0. The third-order valence-corrected chi connectivity index (χ3v) is 4.52. The van der Waals surface area contributed by atoms with Gasteiger partial charge < -0.3 is 5.32 Å². The van der Waals surface area contributed by atoms with Crippen LogP contribution in [0, 0.1) is 5.92 Å². The number of hydrogen-bond acceptors (Lipinski definition) is 2. The highest BCUT2D eigenvalue weighted by Crippen LogP contribution is 2.29. The zero-order valence-corrected chi connectivity index (χ0v) is 13.0. The van der Waals surface area contributed by atoms with Crippen LogP contribution in [-0.2, 0) is 4.79 Å². The van der Waals surface area contributed by atoms with E-state index < -0.39 is 0 Å². The van der Waals surface area contributed by atoms with Crippen molar-refractivity contribution in [2.45, 2.75) is 65.3 Å². The standard InChI is InChI=1S/C17H26N2O/c1-11-10-16(20)13(3)17(12(11)2)19-14(4)18-15-8-6-5-7-9-15/h12,15H,1,5-10H2,2-4H3,(H,18,19). The summed E-state index contributed by atoms with van der Waals surface area (Å²) in [7, 11) is 0. The molecule has 0 spiro atoms. The van der Waals surface area contributed by atoms with Crippen LogP contribution in [0.1, 0.15) is 59.3 Å². The maximum absolute atomic E-state index is 11.9. The third-order valence-electron chi connectivity index (χ3n) is 4.52. The number of amidine groups is 1. The largest absolute Gasteiger partial charge is 0.347 e. The molecule has 110 valence electrons. The molecule has 0 aromatic rings. The van der Waals surface area contributed by atoms with E-state index in [-0.39, 0.29) is 11.7 Å². The van der Waals surface area contributed by atoms with E-state index in [9.17, 15) is 4.79 Å². The highest BCUT2D eigenvalue weighted by Gasteiger charge is 2.26. The second kappa shape index (κ2) is 6.38. The van der Waals surface area contributed by atoms with Crippen LogP contribution in [0.25, 0.3) is 0 Å². The van der Waals surface area contributed by atoms with Crippen molar-refractivity contribution in [2.24, 2.45) is 10.9 Å². The van der Waals surface area contributed by atoms with Gasteiger partial charge >= 0.3 is 0 Å². The van der Waals surface area contributed by atoms with Crippen molar-refractivity contribution >= 4 is 11.6 Å². The van der Waals surface area contributed by atoms with E-state index in [0.29, 0.717) is 12.5 Å². The van der Waals surface area contributed by atoms with Crippen LogP contribution < -0.4 is 5.32 Å². The Morgan fingerprint density at radius 2 is 1.95 bits per heavy atom. The first-order valence-electron chi connectivity index (χ1n) is 7.72. The summed E-state index contributed by atoms with van der Waals surface area (Å²) in [5.74, 6) is 1.32. The van der Waals surface area contributed by atoms with Gasteiger partial charge in [0.05, 0.1) is 11.9 Å². The molecule has 0 bridgehead atoms. The van der Waals surface area contributed by atoms with E-state index in [1.54, 1.807) is 0 Å². The maximum atomic E-state index is 11.9. The van der Waals surface area contributed by atoms with Gasteiger partial charge in [-0.25, -0.2) is 0 Å². The quantitative estimate of drug-likeness (QED) is 0.473. The van der Waals surface area contributed by atoms with E-state index in [1.807, 2.05) is 13.8 Å². The third kappa shape index (κ3) is 3.38. The van der Waals surface area contributed by atoms with Crippen molar-refractivity contribution in [2.75, 3.05) is 0 Å². The van der Waals surface area contributed by atoms with E-state index in [1.165, 1.54) is 32.1 Å². The molecule has 0 aromatic heterocycles. The van der Waals surface area contributed by atoms with Crippen LogP contribution in [0.3, 0.4) is 0 Å². The Hall–Kier alpha value is -1.38. The Balaban J connectivity index is 2.10. The first-order valence-corrected chi connectivity index (χ1v) is 7.72. The lowest BCUT2D eigenvalue weighted by Crippen LogP contribution is -2.32. The summed E-state index contributed by atoms with van der Waals surface area (Å²) in [6, 6.07) is 0.454. The van der Waals surface area contributed by atoms with Crippen molar-refractivity contribution in [3.63, 3.8) is 0 Å². The first-order chi connectivity index (χ1) is 9.49. The number of nitrogens with one attached hydrogen (secondary N) is 1. The molecule has 0 amide bonds. The number of rotatable bonds is 2. The molecule has 2 rings (SSSR count). The van der Waals surface area contributed by atoms with E-state index in [4.69, 9.17) is 4.99 Å². The molecular formula is C17H26N2O. The zero-order valence-electron chi connectivity index (χ0n) is 13.0. The van der Waals surface area contributed by atoms with Crippen LogP contribution in [0.4, 0.5) is 0 Å². The van der Waals surface area contributed by atoms with E-state index in [2.05, 4.69) is 18.8 Å². The van der Waals surface area contributed by atoms with Gasteiger partial charge in [-0.3, -0.25) is 9.79 Å². The Morgan fingerprint density at radius 1 is 1.30 bits per heavy atom. The number of allylic oxidation sites excluding steroid dienone is 2. The Bertz CT molecular complexity index is 467. The van der Waals surface area contributed by atoms with Gasteiger partial charge in [0.1, 0.15) is 0 Å². The number of nitrogens with zero attached hydrogens (tertiary/aromatic N) is 1. The average Bonchev–Trinajstić information content (AvgIpc) is 2.42. The van der Waals surface area contributed by atoms with E-state index in [0.717, 1.165) is 22.7 Å². The van der Waals surface area contributed by atoms with Crippen LogP contribution in [0.15, 0.2) is 28.4 Å². The van der Waals surface area contributed by atoms with Crippen LogP contribution in [-0.4, -0.2) is 17.7 Å². The fourth-order valence-corrected chi connectivity index (χ4v) is 3.08. The molecule has 0 saturated heterocycles. The summed E-state index contributed by atoms with van der Waals surface area (Å²) in [4.78, 5) is 16.7. The van der Waals surface area contributed by atoms with Crippen molar-refractivity contribution in [1.29, 1.82) is 0 Å². The molecule has 1 atom stereocenters. The van der Waals surface area contributed by atoms with Crippen LogP contribution in [0.5, 0.6) is 0 Å². The molecule has 1 fully saturated rings. The second-order valence-electron chi connectivity index (χ2n) is 6.15. The SMILES string of the molecule is C=C1CC(=O)C(C)=C(NC(C)=NC2CCCCC2)C1C. The smallest absolute Gasteiger partial charge is 0.164 e. The van der Waals surface area contributed by atoms with Crippen molar-refractivity contribution in [1.82, 2.24) is 5.32 Å². The Labute approximate surface area is 122 Å². The Kier molecular flexibility index (Phi) is 4.79. The van der Waals surface area contributed by atoms with Gasteiger partial charge in [-0.2, -0.15) is 0 Å². The highest BCUT2D eigenvalue weighted by atomic mass is 16.1. The highest BCUT2D eigenvalue weighted by molar-refractivity contribution is 5.99. The average molecular weight is 274 g/mol. The number of ketones is 1. The van der Waals surface area contributed by atoms with E-state index >= 15 is 0 Å². The molecule has 0 aliphatic heterocycles. The van der Waals surface area contributed by atoms with Gasteiger partial charge in [-0.1, -0.05) is 38.3 Å². The molecule has 3 nitrogen and oxygen atoms in total. The van der Waals surface area contributed by atoms with Crippen molar-refractivity contribution in [3.8, 4) is 0 Å². The summed E-state index contributed by atoms with van der Waals surface area (Å²) in [5.41, 5.74) is 2.82. The minimum absolute atomic E-state index is 0.182. The van der Waals surface area contributed by atoms with Gasteiger partial charge in [0.2, 0.25) is 0 Å². The second-order valence-corrected chi connectivity index (χ2v) is 6.15. The predicted molar refractivity (Wildman–Crippen MR) is 83.7 cm³/mol. The Morgan fingerprint density at radius 3 is 2.60 bits per heavy atom. The monoisotopic (exact) mass is 274 g/mol. The molecule has 1 unspecified atom stereocenters. The maximum Gasteiger partial charge on any atom is 0.164 e. The minimum Gasteiger partial charge on any atom is -0.347 e. The fourth-order valence-electron chi connectivity index (χ4n) is 3.08.